The maximum absolute atomic E-state index is 13.1. The Morgan fingerprint density at radius 2 is 1.25 bits per heavy atom. The van der Waals surface area contributed by atoms with Gasteiger partial charge in [0.05, 0.1) is 75.8 Å². The average molecular weight is 959 g/mol. The van der Waals surface area contributed by atoms with E-state index in [-0.39, 0.29) is 48.5 Å². The molecule has 0 amide bonds. The summed E-state index contributed by atoms with van der Waals surface area (Å²) >= 11 is 0. The van der Waals surface area contributed by atoms with Gasteiger partial charge in [0.1, 0.15) is 29.8 Å². The minimum absolute atomic E-state index is 0.0411. The van der Waals surface area contributed by atoms with Crippen LogP contribution in [-0.2, 0) is 38.0 Å². The third-order valence-corrected chi connectivity index (χ3v) is 18.0. The van der Waals surface area contributed by atoms with Crippen LogP contribution in [-0.4, -0.2) is 150 Å². The molecule has 0 bridgehead atoms. The molecule has 9 rings (SSSR count). The van der Waals surface area contributed by atoms with Crippen molar-refractivity contribution >= 4 is 12.0 Å². The van der Waals surface area contributed by atoms with E-state index < -0.39 is 96.9 Å². The fraction of sp³-hybridized carbons (Fsp3) is 0.784. The number of hydrogen-bond acceptors (Lipinski definition) is 17. The Balaban J connectivity index is 0.811. The van der Waals surface area contributed by atoms with E-state index >= 15 is 0 Å². The first kappa shape index (κ1) is 50.0. The second kappa shape index (κ2) is 19.3. The van der Waals surface area contributed by atoms with Crippen molar-refractivity contribution in [3.63, 3.8) is 0 Å². The molecule has 6 N–H and O–H groups in total. The second-order valence-corrected chi connectivity index (χ2v) is 21.5. The summed E-state index contributed by atoms with van der Waals surface area (Å²) in [5, 5.41) is 68.2. The van der Waals surface area contributed by atoms with Gasteiger partial charge in [-0.05, 0) is 113 Å². The molecule has 4 saturated carbocycles. The first-order chi connectivity index (χ1) is 32.3. The minimum Gasteiger partial charge on any atom is -0.496 e. The van der Waals surface area contributed by atoms with E-state index in [4.69, 9.17) is 47.4 Å². The van der Waals surface area contributed by atoms with Gasteiger partial charge < -0.3 is 78.0 Å². The number of carbonyl (C=O) groups is 1. The Morgan fingerprint density at radius 1 is 0.662 bits per heavy atom. The van der Waals surface area contributed by atoms with Crippen LogP contribution in [0.1, 0.15) is 111 Å². The van der Waals surface area contributed by atoms with E-state index in [1.54, 1.807) is 53.4 Å². The van der Waals surface area contributed by atoms with E-state index in [0.717, 1.165) is 32.1 Å². The summed E-state index contributed by atoms with van der Waals surface area (Å²) in [5.74, 6) is 1.37. The summed E-state index contributed by atoms with van der Waals surface area (Å²) < 4.78 is 59.6. The predicted molar refractivity (Wildman–Crippen MR) is 242 cm³/mol. The number of aliphatic hydroxyl groups is 6. The lowest BCUT2D eigenvalue weighted by atomic mass is 9.42. The first-order valence-electron chi connectivity index (χ1n) is 24.8. The van der Waals surface area contributed by atoms with Crippen LogP contribution >= 0.6 is 0 Å². The number of benzene rings is 1. The molecule has 3 saturated heterocycles. The smallest absolute Gasteiger partial charge is 0.336 e. The molecule has 17 nitrogen and oxygen atoms in total. The predicted octanol–water partition coefficient (Wildman–Crippen LogP) is 4.29. The monoisotopic (exact) mass is 958 g/mol. The summed E-state index contributed by atoms with van der Waals surface area (Å²) in [4.78, 5) is 13.0. The normalized spacial score (nSPS) is 47.6. The van der Waals surface area contributed by atoms with E-state index in [0.29, 0.717) is 59.3 Å². The molecule has 4 aliphatic heterocycles. The lowest BCUT2D eigenvalue weighted by Gasteiger charge is -2.65. The number of allylic oxidation sites excluding steroid dienone is 1. The molecule has 380 valence electrons. The van der Waals surface area contributed by atoms with Crippen LogP contribution in [0.3, 0.4) is 0 Å². The highest BCUT2D eigenvalue weighted by Gasteiger charge is 2.71. The van der Waals surface area contributed by atoms with Crippen molar-refractivity contribution in [2.45, 2.75) is 197 Å². The molecule has 1 aromatic rings. The zero-order valence-corrected chi connectivity index (χ0v) is 40.7. The van der Waals surface area contributed by atoms with Crippen molar-refractivity contribution in [3.8, 4) is 17.2 Å². The summed E-state index contributed by atoms with van der Waals surface area (Å²) in [7, 11) is 4.65. The van der Waals surface area contributed by atoms with Gasteiger partial charge in [0, 0.05) is 48.0 Å². The van der Waals surface area contributed by atoms with Gasteiger partial charge in [-0.15, -0.1) is 0 Å². The van der Waals surface area contributed by atoms with Gasteiger partial charge in [-0.2, -0.15) is 0 Å². The van der Waals surface area contributed by atoms with Crippen molar-refractivity contribution in [2.24, 2.45) is 34.5 Å². The van der Waals surface area contributed by atoms with Crippen molar-refractivity contribution < 1.29 is 82.8 Å². The number of fused-ring (bicyclic) bond motifs is 5. The van der Waals surface area contributed by atoms with E-state index in [9.17, 15) is 35.4 Å². The van der Waals surface area contributed by atoms with Gasteiger partial charge in [0.15, 0.2) is 30.4 Å². The second-order valence-electron chi connectivity index (χ2n) is 21.5. The maximum Gasteiger partial charge on any atom is 0.336 e. The number of hydrogen-bond donors (Lipinski definition) is 6. The van der Waals surface area contributed by atoms with Crippen LogP contribution in [0, 0.1) is 34.5 Å². The topological polar surface area (TPSA) is 231 Å². The highest BCUT2D eigenvalue weighted by molar-refractivity contribution is 5.90. The number of carbonyl (C=O) groups excluding carboxylic acids is 1. The molecule has 17 heteroatoms. The number of methoxy groups -OCH3 is 3. The highest BCUT2D eigenvalue weighted by atomic mass is 16.7. The molecule has 4 aliphatic carbocycles. The zero-order valence-electron chi connectivity index (χ0n) is 40.7. The molecule has 21 atom stereocenters. The largest absolute Gasteiger partial charge is 0.496 e. The SMILES string of the molecule is COc1cc(OC)c(OC)cc1/C=C1\OC(=O)C=C1[C@H]1CC[C@]2(O)[C@@H]3CC[C@@H]4C[C@@H](O[C@H]5C[C@H](O)[C@H](O[C@H]6C[C@H](O)[C@H](O[C@H]7C[C@H](O)[C@H](O)[C@@H](C)O7)[C@@H](C)O6)[C@@H](C)O5)CC[C@]4(C)[C@H]3C[C@@H](O)[C@]12C. The Morgan fingerprint density at radius 3 is 1.85 bits per heavy atom. The molecule has 0 unspecified atom stereocenters. The summed E-state index contributed by atoms with van der Waals surface area (Å²) in [6.45, 7) is 9.58. The van der Waals surface area contributed by atoms with Gasteiger partial charge in [0.25, 0.3) is 0 Å². The molecular weight excluding hydrogens is 885 g/mol. The van der Waals surface area contributed by atoms with Crippen LogP contribution in [0.5, 0.6) is 17.2 Å². The number of cyclic esters (lactones) is 1. The molecule has 0 radical (unpaired) electrons. The summed E-state index contributed by atoms with van der Waals surface area (Å²) in [5.41, 5.74) is -0.954. The lowest BCUT2D eigenvalue weighted by Crippen LogP contribution is -2.67. The van der Waals surface area contributed by atoms with E-state index in [1.165, 1.54) is 6.08 Å². The fourth-order valence-corrected chi connectivity index (χ4v) is 14.2. The first-order valence-corrected chi connectivity index (χ1v) is 24.8. The van der Waals surface area contributed by atoms with Crippen LogP contribution < -0.4 is 14.2 Å². The fourth-order valence-electron chi connectivity index (χ4n) is 14.2. The summed E-state index contributed by atoms with van der Waals surface area (Å²) in [6, 6.07) is 3.49. The Bertz CT molecular complexity index is 2030. The van der Waals surface area contributed by atoms with Crippen molar-refractivity contribution in [2.75, 3.05) is 21.3 Å². The van der Waals surface area contributed by atoms with Crippen LogP contribution in [0.2, 0.25) is 0 Å². The zero-order chi connectivity index (χ0) is 48.6. The average Bonchev–Trinajstić information content (AvgIpc) is 3.80. The van der Waals surface area contributed by atoms with E-state index in [1.807, 2.05) is 13.8 Å². The Labute approximate surface area is 398 Å². The van der Waals surface area contributed by atoms with Gasteiger partial charge in [-0.3, -0.25) is 0 Å². The minimum atomic E-state index is -1.17. The molecule has 68 heavy (non-hydrogen) atoms. The van der Waals surface area contributed by atoms with Gasteiger partial charge >= 0.3 is 5.97 Å². The van der Waals surface area contributed by atoms with Crippen molar-refractivity contribution in [1.82, 2.24) is 0 Å². The summed E-state index contributed by atoms with van der Waals surface area (Å²) in [6.07, 6.45) is -0.996. The van der Waals surface area contributed by atoms with Crippen molar-refractivity contribution in [1.29, 1.82) is 0 Å². The number of aliphatic hydroxyl groups excluding tert-OH is 5. The van der Waals surface area contributed by atoms with Crippen LogP contribution in [0.25, 0.3) is 6.08 Å². The number of rotatable bonds is 11. The standard InChI is InChI=1S/C51H74O17/c1-24-46(57)34(52)20-44(62-24)67-48-26(3)64-45(22-36(48)54)68-47-25(2)63-43(21-35(47)53)65-29-11-13-49(4)28(17-29)9-10-32-33(49)19-41(55)50(5)31(12-14-51(32,50)58)30-18-42(56)66-38(30)15-27-16-39(60-7)40(61-8)23-37(27)59-6/h15-16,18,23-26,28-29,31-36,41,43-48,52-55,57-58H,9-14,17,19-22H2,1-8H3/b38-15-/t24-,25-,26-,28-,29+,31-,32-,33+,34+,35+,36+,41-,43+,44+,45+,46-,47-,48-,49+,50+,51+/m1/s1. The molecule has 0 aromatic heterocycles. The molecule has 0 spiro atoms. The number of ether oxygens (including phenoxy) is 10. The molecule has 4 heterocycles. The van der Waals surface area contributed by atoms with Crippen LogP contribution in [0.4, 0.5) is 0 Å². The molecule has 1 aromatic carbocycles. The molecule has 7 fully saturated rings. The van der Waals surface area contributed by atoms with Crippen LogP contribution in [0.15, 0.2) is 29.5 Å². The third-order valence-electron chi connectivity index (χ3n) is 18.0. The lowest BCUT2D eigenvalue weighted by molar-refractivity contribution is -0.336. The maximum atomic E-state index is 13.1. The van der Waals surface area contributed by atoms with Gasteiger partial charge in [-0.1, -0.05) is 13.8 Å². The quantitative estimate of drug-likeness (QED) is 0.134. The van der Waals surface area contributed by atoms with E-state index in [2.05, 4.69) is 6.92 Å². The van der Waals surface area contributed by atoms with Crippen molar-refractivity contribution in [3.05, 3.63) is 35.1 Å². The Hall–Kier alpha value is -2.91. The molecular formula is C51H74O17. The number of esters is 1. The Kier molecular flexibility index (Phi) is 14.2. The third kappa shape index (κ3) is 8.71. The van der Waals surface area contributed by atoms with Gasteiger partial charge in [-0.25, -0.2) is 4.79 Å². The molecule has 8 aliphatic rings. The highest BCUT2D eigenvalue weighted by Crippen LogP contribution is 2.70. The van der Waals surface area contributed by atoms with Gasteiger partial charge in [0.2, 0.25) is 0 Å².